The number of unbranched alkanes of at least 4 members (excludes halogenated alkanes) is 2. The van der Waals surface area contributed by atoms with Crippen LogP contribution in [0.15, 0.2) is 46.3 Å². The van der Waals surface area contributed by atoms with Crippen LogP contribution in [0.25, 0.3) is 0 Å². The second-order valence-electron chi connectivity index (χ2n) is 8.39. The number of allylic oxidation sites excluding steroid dienone is 3. The van der Waals surface area contributed by atoms with E-state index in [0.29, 0.717) is 37.4 Å². The topological polar surface area (TPSA) is 114 Å². The molecule has 36 heavy (non-hydrogen) atoms. The lowest BCUT2D eigenvalue weighted by molar-refractivity contribution is 0.0688. The van der Waals surface area contributed by atoms with E-state index in [1.165, 1.54) is 7.11 Å². The number of ether oxygens (including phenoxy) is 3. The number of benzene rings is 1. The van der Waals surface area contributed by atoms with E-state index >= 15 is 0 Å². The Morgan fingerprint density at radius 2 is 2.08 bits per heavy atom. The Hall–Kier alpha value is -3.66. The van der Waals surface area contributed by atoms with E-state index < -0.39 is 12.3 Å². The van der Waals surface area contributed by atoms with Gasteiger partial charge in [0.1, 0.15) is 18.5 Å². The summed E-state index contributed by atoms with van der Waals surface area (Å²) in [5.74, 6) is 0.188. The van der Waals surface area contributed by atoms with E-state index in [1.54, 1.807) is 30.5 Å². The minimum absolute atomic E-state index is 0.198. The van der Waals surface area contributed by atoms with Crippen molar-refractivity contribution in [2.45, 2.75) is 45.3 Å². The average molecular weight is 498 g/mol. The highest BCUT2D eigenvalue weighted by Gasteiger charge is 2.25. The summed E-state index contributed by atoms with van der Waals surface area (Å²) in [5.41, 5.74) is 3.06. The third kappa shape index (κ3) is 7.67. The minimum atomic E-state index is -0.430. The lowest BCUT2D eigenvalue weighted by atomic mass is 9.96. The summed E-state index contributed by atoms with van der Waals surface area (Å²) in [4.78, 5) is 27.2. The smallest absolute Gasteiger partial charge is 0.410 e. The molecule has 10 heteroatoms. The van der Waals surface area contributed by atoms with Gasteiger partial charge in [-0.1, -0.05) is 19.4 Å². The van der Waals surface area contributed by atoms with Gasteiger partial charge in [0.2, 0.25) is 0 Å². The van der Waals surface area contributed by atoms with Crippen LogP contribution in [-0.2, 0) is 22.4 Å². The maximum absolute atomic E-state index is 13.2. The average Bonchev–Trinajstić information content (AvgIpc) is 2.89. The van der Waals surface area contributed by atoms with Crippen molar-refractivity contribution in [1.29, 1.82) is 0 Å². The Bertz CT molecular complexity index is 1030. The molecule has 1 aromatic carbocycles. The van der Waals surface area contributed by atoms with Crippen LogP contribution in [0.3, 0.4) is 0 Å². The second-order valence-corrected chi connectivity index (χ2v) is 8.39. The molecule has 0 aromatic heterocycles. The summed E-state index contributed by atoms with van der Waals surface area (Å²) >= 11 is 0. The minimum Gasteiger partial charge on any atom is -0.496 e. The molecule has 1 unspecified atom stereocenters. The van der Waals surface area contributed by atoms with Gasteiger partial charge in [0.05, 0.1) is 31.2 Å². The number of amides is 2. The number of carbonyl (C=O) groups excluding carboxylic acids is 2. The molecule has 2 amide bonds. The summed E-state index contributed by atoms with van der Waals surface area (Å²) in [6.45, 7) is 3.56. The van der Waals surface area contributed by atoms with Gasteiger partial charge in [-0.15, -0.1) is 0 Å². The molecule has 2 aliphatic rings. The summed E-state index contributed by atoms with van der Waals surface area (Å²) in [5, 5.41) is 14.2. The molecular weight excluding hydrogens is 462 g/mol. The maximum atomic E-state index is 13.2. The van der Waals surface area contributed by atoms with E-state index in [4.69, 9.17) is 14.2 Å². The molecule has 2 aliphatic heterocycles. The van der Waals surface area contributed by atoms with Gasteiger partial charge in [-0.05, 0) is 54.7 Å². The van der Waals surface area contributed by atoms with E-state index in [1.807, 2.05) is 24.3 Å². The number of hydrogen-bond acceptors (Lipinski definition) is 8. The molecule has 3 rings (SSSR count). The molecule has 1 aromatic rings. The maximum Gasteiger partial charge on any atom is 0.410 e. The van der Waals surface area contributed by atoms with Gasteiger partial charge < -0.3 is 29.7 Å². The second kappa shape index (κ2) is 14.0. The van der Waals surface area contributed by atoms with E-state index in [-0.39, 0.29) is 12.5 Å². The number of nitrogens with one attached hydrogen (secondary N) is 2. The lowest BCUT2D eigenvalue weighted by Crippen LogP contribution is -2.45. The molecule has 1 atom stereocenters. The molecule has 194 valence electrons. The first-order valence-electron chi connectivity index (χ1n) is 12.2. The van der Waals surface area contributed by atoms with Gasteiger partial charge in [0, 0.05) is 26.4 Å². The number of rotatable bonds is 11. The molecule has 0 spiro atoms. The highest BCUT2D eigenvalue weighted by atomic mass is 16.6. The monoisotopic (exact) mass is 497 g/mol. The fourth-order valence-electron chi connectivity index (χ4n) is 3.82. The van der Waals surface area contributed by atoms with Gasteiger partial charge in [0.15, 0.2) is 0 Å². The summed E-state index contributed by atoms with van der Waals surface area (Å²) in [6.07, 6.45) is 11.9. The summed E-state index contributed by atoms with van der Waals surface area (Å²) in [7, 11) is 3.09. The zero-order chi connectivity index (χ0) is 25.8. The largest absolute Gasteiger partial charge is 0.496 e. The van der Waals surface area contributed by atoms with Crippen LogP contribution in [0.1, 0.15) is 47.7 Å². The Labute approximate surface area is 212 Å². The number of fused-ring (bicyclic) bond motifs is 1. The van der Waals surface area contributed by atoms with Crippen LogP contribution >= 0.6 is 0 Å². The lowest BCUT2D eigenvalue weighted by Gasteiger charge is -2.29. The normalized spacial score (nSPS) is 17.0. The van der Waals surface area contributed by atoms with Crippen molar-refractivity contribution in [1.82, 2.24) is 15.5 Å². The first-order chi connectivity index (χ1) is 17.5. The molecule has 0 bridgehead atoms. The molecule has 0 fully saturated rings. The standard InChI is InChI=1S/C26H35N5O5/c1-4-5-6-11-27-28-17-21-8-7-9-24(29-21)30-25(32)22-15-20-18-31(26(33)36-14-13-34-2)12-10-19(20)16-23(22)35-3/h7-9,11,15-17,24,29H,4-6,10,12-14,18H2,1-3H3,(H,30,32)/b27-11+,28-17+. The molecule has 0 aliphatic carbocycles. The summed E-state index contributed by atoms with van der Waals surface area (Å²) < 4.78 is 15.7. The molecule has 10 nitrogen and oxygen atoms in total. The van der Waals surface area contributed by atoms with E-state index in [9.17, 15) is 9.59 Å². The first kappa shape index (κ1) is 26.9. The Morgan fingerprint density at radius 1 is 1.22 bits per heavy atom. The molecular formula is C26H35N5O5. The number of dihydropyridines is 1. The Kier molecular flexibility index (Phi) is 10.5. The third-order valence-electron chi connectivity index (χ3n) is 5.77. The van der Waals surface area contributed by atoms with E-state index in [2.05, 4.69) is 27.8 Å². The van der Waals surface area contributed by atoms with Crippen molar-refractivity contribution in [2.24, 2.45) is 10.2 Å². The van der Waals surface area contributed by atoms with Gasteiger partial charge in [-0.2, -0.15) is 10.2 Å². The first-order valence-corrected chi connectivity index (χ1v) is 12.2. The number of methoxy groups -OCH3 is 2. The van der Waals surface area contributed by atoms with Crippen LogP contribution in [0.4, 0.5) is 4.79 Å². The van der Waals surface area contributed by atoms with Crippen LogP contribution in [-0.4, -0.2) is 69.5 Å². The molecule has 0 saturated heterocycles. The van der Waals surface area contributed by atoms with Crippen molar-refractivity contribution in [3.8, 4) is 5.75 Å². The van der Waals surface area contributed by atoms with Crippen LogP contribution in [0.2, 0.25) is 0 Å². The van der Waals surface area contributed by atoms with Crippen molar-refractivity contribution in [3.63, 3.8) is 0 Å². The van der Waals surface area contributed by atoms with Gasteiger partial charge >= 0.3 is 6.09 Å². The number of hydrogen-bond donors (Lipinski definition) is 2. The summed E-state index contributed by atoms with van der Waals surface area (Å²) in [6, 6.07) is 3.66. The molecule has 0 saturated carbocycles. The van der Waals surface area contributed by atoms with E-state index in [0.717, 1.165) is 36.1 Å². The SMILES string of the molecule is CCCC/C=N/N=C/C1=CC=CC(NC(=O)c2cc3c(cc2OC)CCN(C(=O)OCCOC)C3)N1. The van der Waals surface area contributed by atoms with Crippen LogP contribution < -0.4 is 15.4 Å². The van der Waals surface area contributed by atoms with Gasteiger partial charge in [-0.25, -0.2) is 4.79 Å². The highest BCUT2D eigenvalue weighted by molar-refractivity contribution is 5.97. The van der Waals surface area contributed by atoms with Crippen LogP contribution in [0.5, 0.6) is 5.75 Å². The van der Waals surface area contributed by atoms with Crippen molar-refractivity contribution >= 4 is 24.4 Å². The number of nitrogens with zero attached hydrogens (tertiary/aromatic N) is 3. The molecule has 0 radical (unpaired) electrons. The van der Waals surface area contributed by atoms with Crippen molar-refractivity contribution in [2.75, 3.05) is 34.0 Å². The van der Waals surface area contributed by atoms with Crippen LogP contribution in [0, 0.1) is 0 Å². The van der Waals surface area contributed by atoms with Gasteiger partial charge in [0.25, 0.3) is 5.91 Å². The third-order valence-corrected chi connectivity index (χ3v) is 5.77. The predicted molar refractivity (Wildman–Crippen MR) is 138 cm³/mol. The predicted octanol–water partition coefficient (Wildman–Crippen LogP) is 3.18. The van der Waals surface area contributed by atoms with Crippen molar-refractivity contribution < 1.29 is 23.8 Å². The highest BCUT2D eigenvalue weighted by Crippen LogP contribution is 2.28. The Morgan fingerprint density at radius 3 is 2.86 bits per heavy atom. The number of carbonyl (C=O) groups is 2. The molecule has 2 N–H and O–H groups in total. The zero-order valence-corrected chi connectivity index (χ0v) is 21.2. The molecule has 2 heterocycles. The fourth-order valence-corrected chi connectivity index (χ4v) is 3.82. The fraction of sp³-hybridized carbons (Fsp3) is 0.462. The quantitative estimate of drug-likeness (QED) is 0.276. The zero-order valence-electron chi connectivity index (χ0n) is 21.2. The Balaban J connectivity index is 1.63. The van der Waals surface area contributed by atoms with Crippen molar-refractivity contribution in [3.05, 3.63) is 52.7 Å². The van der Waals surface area contributed by atoms with Gasteiger partial charge in [-0.3, -0.25) is 4.79 Å².